The zero-order valence-corrected chi connectivity index (χ0v) is 18.1. The molecule has 0 amide bonds. The topological polar surface area (TPSA) is 63.6 Å². The first kappa shape index (κ1) is 24.2. The zero-order chi connectivity index (χ0) is 20.9. The molecule has 0 aliphatic rings. The fourth-order valence-corrected chi connectivity index (χ4v) is 3.35. The average Bonchev–Trinajstić information content (AvgIpc) is 2.64. The van der Waals surface area contributed by atoms with Crippen molar-refractivity contribution in [1.29, 1.82) is 0 Å². The molecule has 0 heterocycles. The first-order valence-corrected chi connectivity index (χ1v) is 10.8. The Kier molecular flexibility index (Phi) is 11.5. The van der Waals surface area contributed by atoms with Crippen molar-refractivity contribution in [3.63, 3.8) is 0 Å². The van der Waals surface area contributed by atoms with E-state index in [1.165, 1.54) is 31.4 Å². The Labute approximate surface area is 170 Å². The minimum absolute atomic E-state index is 0.00277. The lowest BCUT2D eigenvalue weighted by molar-refractivity contribution is 0.0243. The smallest absolute Gasteiger partial charge is 0.339 e. The molecule has 0 bridgehead atoms. The number of carboxylic acids is 1. The van der Waals surface area contributed by atoms with Gasteiger partial charge in [0.1, 0.15) is 6.10 Å². The molecule has 0 aliphatic carbocycles. The Bertz CT molecular complexity index is 592. The van der Waals surface area contributed by atoms with Gasteiger partial charge in [-0.2, -0.15) is 0 Å². The minimum Gasteiger partial charge on any atom is -0.478 e. The van der Waals surface area contributed by atoms with Crippen LogP contribution in [0.3, 0.4) is 0 Å². The van der Waals surface area contributed by atoms with Crippen LogP contribution in [-0.4, -0.2) is 23.1 Å². The maximum atomic E-state index is 12.6. The van der Waals surface area contributed by atoms with Crippen LogP contribution in [0.2, 0.25) is 0 Å². The number of aromatic carboxylic acids is 1. The standard InChI is InChI=1S/C24H38O4/c1-18(2)12-6-5-7-14-20(15-9-8-13-19(3)4)28-24(27)22-17-11-10-16-21(22)23(25)26/h10-11,16-20H,5-9,12-15H2,1-4H3,(H,25,26). The lowest BCUT2D eigenvalue weighted by Gasteiger charge is -2.19. The van der Waals surface area contributed by atoms with E-state index in [9.17, 15) is 14.7 Å². The number of rotatable bonds is 14. The summed E-state index contributed by atoms with van der Waals surface area (Å²) in [5.41, 5.74) is 0.143. The van der Waals surface area contributed by atoms with Gasteiger partial charge in [-0.05, 0) is 49.7 Å². The van der Waals surface area contributed by atoms with Gasteiger partial charge in [-0.3, -0.25) is 0 Å². The molecule has 1 aromatic rings. The van der Waals surface area contributed by atoms with Crippen molar-refractivity contribution in [3.05, 3.63) is 35.4 Å². The highest BCUT2D eigenvalue weighted by molar-refractivity contribution is 6.02. The zero-order valence-electron chi connectivity index (χ0n) is 18.1. The number of unbranched alkanes of at least 4 members (excludes halogenated alkanes) is 3. The van der Waals surface area contributed by atoms with Crippen LogP contribution in [0.15, 0.2) is 24.3 Å². The Morgan fingerprint density at radius 3 is 1.79 bits per heavy atom. The van der Waals surface area contributed by atoms with Gasteiger partial charge in [-0.15, -0.1) is 0 Å². The molecule has 1 unspecified atom stereocenters. The van der Waals surface area contributed by atoms with Crippen LogP contribution in [0.5, 0.6) is 0 Å². The Morgan fingerprint density at radius 1 is 0.786 bits per heavy atom. The number of carbonyl (C=O) groups excluding carboxylic acids is 1. The van der Waals surface area contributed by atoms with Crippen molar-refractivity contribution in [1.82, 2.24) is 0 Å². The molecule has 1 atom stereocenters. The third kappa shape index (κ3) is 9.91. The molecule has 0 aromatic heterocycles. The SMILES string of the molecule is CC(C)CCCCCC(CCCCC(C)C)OC(=O)c1ccccc1C(=O)O. The predicted molar refractivity (Wildman–Crippen MR) is 114 cm³/mol. The first-order valence-electron chi connectivity index (χ1n) is 10.8. The number of benzene rings is 1. The second-order valence-electron chi connectivity index (χ2n) is 8.59. The first-order chi connectivity index (χ1) is 13.3. The van der Waals surface area contributed by atoms with Crippen molar-refractivity contribution < 1.29 is 19.4 Å². The summed E-state index contributed by atoms with van der Waals surface area (Å²) >= 11 is 0. The molecule has 158 valence electrons. The number of carboxylic acid groups (broad SMARTS) is 1. The maximum absolute atomic E-state index is 12.6. The molecule has 1 rings (SSSR count). The Hall–Kier alpha value is -1.84. The van der Waals surface area contributed by atoms with E-state index in [1.807, 2.05) is 0 Å². The van der Waals surface area contributed by atoms with Gasteiger partial charge in [0.05, 0.1) is 11.1 Å². The van der Waals surface area contributed by atoms with Crippen LogP contribution >= 0.6 is 0 Å². The van der Waals surface area contributed by atoms with Crippen molar-refractivity contribution >= 4 is 11.9 Å². The van der Waals surface area contributed by atoms with Crippen molar-refractivity contribution in [2.45, 2.75) is 91.6 Å². The third-order valence-electron chi connectivity index (χ3n) is 5.02. The van der Waals surface area contributed by atoms with Gasteiger partial charge >= 0.3 is 11.9 Å². The summed E-state index contributed by atoms with van der Waals surface area (Å²) in [6, 6.07) is 6.28. The van der Waals surface area contributed by atoms with Gasteiger partial charge in [0.2, 0.25) is 0 Å². The number of hydrogen-bond acceptors (Lipinski definition) is 3. The quantitative estimate of drug-likeness (QED) is 0.282. The van der Waals surface area contributed by atoms with E-state index < -0.39 is 11.9 Å². The molecule has 1 N–H and O–H groups in total. The van der Waals surface area contributed by atoms with Crippen LogP contribution in [0.25, 0.3) is 0 Å². The molecule has 0 spiro atoms. The molecule has 0 fully saturated rings. The summed E-state index contributed by atoms with van der Waals surface area (Å²) in [5, 5.41) is 9.31. The molecule has 0 saturated heterocycles. The lowest BCUT2D eigenvalue weighted by Crippen LogP contribution is -2.20. The van der Waals surface area contributed by atoms with Crippen LogP contribution < -0.4 is 0 Å². The molecule has 1 aromatic carbocycles. The number of carbonyl (C=O) groups is 2. The highest BCUT2D eigenvalue weighted by atomic mass is 16.5. The van der Waals surface area contributed by atoms with Crippen molar-refractivity contribution in [2.75, 3.05) is 0 Å². The molecule has 4 heteroatoms. The van der Waals surface area contributed by atoms with Crippen molar-refractivity contribution in [3.8, 4) is 0 Å². The fraction of sp³-hybridized carbons (Fsp3) is 0.667. The van der Waals surface area contributed by atoms with Gasteiger partial charge in [0, 0.05) is 0 Å². The van der Waals surface area contributed by atoms with Gasteiger partial charge in [-0.25, -0.2) is 9.59 Å². The average molecular weight is 391 g/mol. The molecule has 0 aliphatic heterocycles. The number of esters is 1. The van der Waals surface area contributed by atoms with E-state index in [-0.39, 0.29) is 17.2 Å². The fourth-order valence-electron chi connectivity index (χ4n) is 3.35. The van der Waals surface area contributed by atoms with Crippen LogP contribution in [0.1, 0.15) is 106 Å². The molecular formula is C24H38O4. The van der Waals surface area contributed by atoms with E-state index in [4.69, 9.17) is 4.74 Å². The van der Waals surface area contributed by atoms with Gasteiger partial charge < -0.3 is 9.84 Å². The summed E-state index contributed by atoms with van der Waals surface area (Å²) in [5.74, 6) is -0.222. The van der Waals surface area contributed by atoms with Crippen LogP contribution in [0, 0.1) is 11.8 Å². The summed E-state index contributed by atoms with van der Waals surface area (Å²) in [6.07, 6.45) is 9.50. The van der Waals surface area contributed by atoms with Gasteiger partial charge in [0.25, 0.3) is 0 Å². The lowest BCUT2D eigenvalue weighted by atomic mass is 9.99. The largest absolute Gasteiger partial charge is 0.478 e. The highest BCUT2D eigenvalue weighted by Crippen LogP contribution is 2.20. The van der Waals surface area contributed by atoms with Crippen molar-refractivity contribution in [2.24, 2.45) is 11.8 Å². The van der Waals surface area contributed by atoms with E-state index in [1.54, 1.807) is 12.1 Å². The Balaban J connectivity index is 2.64. The van der Waals surface area contributed by atoms with E-state index in [0.29, 0.717) is 5.92 Å². The molecule has 0 saturated carbocycles. The maximum Gasteiger partial charge on any atom is 0.339 e. The van der Waals surface area contributed by atoms with Gasteiger partial charge in [0.15, 0.2) is 0 Å². The monoisotopic (exact) mass is 390 g/mol. The summed E-state index contributed by atoms with van der Waals surface area (Å²) in [7, 11) is 0. The molecular weight excluding hydrogens is 352 g/mol. The summed E-state index contributed by atoms with van der Waals surface area (Å²) in [4.78, 5) is 24.0. The van der Waals surface area contributed by atoms with E-state index in [2.05, 4.69) is 27.7 Å². The van der Waals surface area contributed by atoms with Crippen LogP contribution in [-0.2, 0) is 4.74 Å². The second-order valence-corrected chi connectivity index (χ2v) is 8.59. The van der Waals surface area contributed by atoms with E-state index >= 15 is 0 Å². The molecule has 0 radical (unpaired) electrons. The number of ether oxygens (including phenoxy) is 1. The summed E-state index contributed by atoms with van der Waals surface area (Å²) < 4.78 is 5.76. The minimum atomic E-state index is -1.10. The van der Waals surface area contributed by atoms with E-state index in [0.717, 1.165) is 44.4 Å². The Morgan fingerprint density at radius 2 is 1.25 bits per heavy atom. The molecule has 28 heavy (non-hydrogen) atoms. The second kappa shape index (κ2) is 13.4. The van der Waals surface area contributed by atoms with Gasteiger partial charge in [-0.1, -0.05) is 71.9 Å². The third-order valence-corrected chi connectivity index (χ3v) is 5.02. The molecule has 4 nitrogen and oxygen atoms in total. The normalized spacial score (nSPS) is 12.4. The highest BCUT2D eigenvalue weighted by Gasteiger charge is 2.21. The summed E-state index contributed by atoms with van der Waals surface area (Å²) in [6.45, 7) is 8.91. The van der Waals surface area contributed by atoms with Crippen LogP contribution in [0.4, 0.5) is 0 Å². The predicted octanol–water partition coefficient (Wildman–Crippen LogP) is 6.73. The number of hydrogen-bond donors (Lipinski definition) is 1.